The Morgan fingerprint density at radius 1 is 1.04 bits per heavy atom. The number of hydrogen-bond acceptors (Lipinski definition) is 3. The van der Waals surface area contributed by atoms with E-state index in [1.807, 2.05) is 62.3 Å². The highest BCUT2D eigenvalue weighted by Gasteiger charge is 2.31. The third kappa shape index (κ3) is 5.47. The maximum atomic E-state index is 12.8. The zero-order valence-electron chi connectivity index (χ0n) is 15.8. The predicted octanol–water partition coefficient (Wildman–Crippen LogP) is 3.80. The van der Waals surface area contributed by atoms with Crippen LogP contribution in [-0.4, -0.2) is 45.5 Å². The molecular formula is C20H24F3N3O. The van der Waals surface area contributed by atoms with Crippen LogP contribution in [-0.2, 0) is 6.18 Å². The van der Waals surface area contributed by atoms with Gasteiger partial charge in [0.05, 0.1) is 11.6 Å². The second kappa shape index (κ2) is 8.43. The van der Waals surface area contributed by atoms with Gasteiger partial charge in [0, 0.05) is 31.9 Å². The molecule has 0 spiro atoms. The van der Waals surface area contributed by atoms with Crippen molar-refractivity contribution in [3.05, 3.63) is 65.2 Å². The summed E-state index contributed by atoms with van der Waals surface area (Å²) in [6, 6.07) is 12.3. The molecular weight excluding hydrogens is 355 g/mol. The van der Waals surface area contributed by atoms with Crippen LogP contribution in [0.3, 0.4) is 0 Å². The average molecular weight is 379 g/mol. The number of nitrogens with zero attached hydrogens (tertiary/aromatic N) is 2. The normalized spacial score (nSPS) is 12.7. The second-order valence-electron chi connectivity index (χ2n) is 6.75. The van der Waals surface area contributed by atoms with Crippen LogP contribution in [0.4, 0.5) is 18.9 Å². The summed E-state index contributed by atoms with van der Waals surface area (Å²) in [5, 5.41) is 2.74. The van der Waals surface area contributed by atoms with Gasteiger partial charge in [-0.25, -0.2) is 0 Å². The van der Waals surface area contributed by atoms with Crippen molar-refractivity contribution in [2.45, 2.75) is 12.2 Å². The van der Waals surface area contributed by atoms with Crippen molar-refractivity contribution in [1.29, 1.82) is 0 Å². The molecule has 0 aliphatic rings. The SMILES string of the molecule is CN(C)c1ccc([C@@H](CNC(=O)c2cccc(C(F)(F)F)c2)N(C)C)cc1. The lowest BCUT2D eigenvalue weighted by Gasteiger charge is -2.26. The molecule has 0 aliphatic heterocycles. The van der Waals surface area contributed by atoms with Crippen LogP contribution < -0.4 is 10.2 Å². The Kier molecular flexibility index (Phi) is 6.49. The maximum Gasteiger partial charge on any atom is 0.416 e. The zero-order valence-corrected chi connectivity index (χ0v) is 15.8. The minimum absolute atomic E-state index is 0.00899. The van der Waals surface area contributed by atoms with Crippen molar-refractivity contribution >= 4 is 11.6 Å². The molecule has 0 aromatic heterocycles. The molecule has 27 heavy (non-hydrogen) atoms. The smallest absolute Gasteiger partial charge is 0.378 e. The van der Waals surface area contributed by atoms with Crippen LogP contribution in [0.25, 0.3) is 0 Å². The fraction of sp³-hybridized carbons (Fsp3) is 0.350. The molecule has 0 unspecified atom stereocenters. The summed E-state index contributed by atoms with van der Waals surface area (Å²) in [6.07, 6.45) is -4.48. The van der Waals surface area contributed by atoms with E-state index in [0.29, 0.717) is 0 Å². The Hall–Kier alpha value is -2.54. The molecule has 0 heterocycles. The highest BCUT2D eigenvalue weighted by atomic mass is 19.4. The van der Waals surface area contributed by atoms with Crippen molar-refractivity contribution in [1.82, 2.24) is 10.2 Å². The molecule has 2 aromatic carbocycles. The topological polar surface area (TPSA) is 35.6 Å². The van der Waals surface area contributed by atoms with E-state index in [0.717, 1.165) is 23.4 Å². The van der Waals surface area contributed by atoms with E-state index in [1.165, 1.54) is 12.1 Å². The summed E-state index contributed by atoms with van der Waals surface area (Å²) in [5.41, 5.74) is 1.23. The minimum Gasteiger partial charge on any atom is -0.378 e. The number of anilines is 1. The number of alkyl halides is 3. The van der Waals surface area contributed by atoms with Gasteiger partial charge in [0.25, 0.3) is 5.91 Å². The van der Waals surface area contributed by atoms with Gasteiger partial charge in [-0.1, -0.05) is 18.2 Å². The van der Waals surface area contributed by atoms with Crippen molar-refractivity contribution < 1.29 is 18.0 Å². The molecule has 0 fully saturated rings. The summed E-state index contributed by atoms with van der Waals surface area (Å²) in [7, 11) is 7.68. The molecule has 7 heteroatoms. The summed E-state index contributed by atoms with van der Waals surface area (Å²) < 4.78 is 38.5. The van der Waals surface area contributed by atoms with E-state index in [-0.39, 0.29) is 18.2 Å². The fourth-order valence-electron chi connectivity index (χ4n) is 2.72. The summed E-state index contributed by atoms with van der Waals surface area (Å²) in [4.78, 5) is 16.3. The number of hydrogen-bond donors (Lipinski definition) is 1. The molecule has 1 amide bonds. The van der Waals surface area contributed by atoms with Gasteiger partial charge in [0.2, 0.25) is 0 Å². The molecule has 1 atom stereocenters. The number of likely N-dealkylation sites (N-methyl/N-ethyl adjacent to an activating group) is 1. The maximum absolute atomic E-state index is 12.8. The number of halogens is 3. The van der Waals surface area contributed by atoms with Gasteiger partial charge in [0.1, 0.15) is 0 Å². The Balaban J connectivity index is 2.11. The third-order valence-electron chi connectivity index (χ3n) is 4.33. The predicted molar refractivity (Wildman–Crippen MR) is 101 cm³/mol. The first-order chi connectivity index (χ1) is 12.6. The van der Waals surface area contributed by atoms with E-state index in [1.54, 1.807) is 0 Å². The molecule has 0 saturated heterocycles. The summed E-state index contributed by atoms with van der Waals surface area (Å²) in [5.74, 6) is -0.530. The van der Waals surface area contributed by atoms with E-state index in [9.17, 15) is 18.0 Å². The molecule has 4 nitrogen and oxygen atoms in total. The standard InChI is InChI=1S/C20H24F3N3O/c1-25(2)17-10-8-14(9-11-17)18(26(3)4)13-24-19(27)15-6-5-7-16(12-15)20(21,22)23/h5-12,18H,13H2,1-4H3,(H,24,27)/t18-/m1/s1. The van der Waals surface area contributed by atoms with Crippen LogP contribution in [0, 0.1) is 0 Å². The van der Waals surface area contributed by atoms with Crippen molar-refractivity contribution in [3.8, 4) is 0 Å². The molecule has 0 saturated carbocycles. The van der Waals surface area contributed by atoms with Gasteiger partial charge in [-0.2, -0.15) is 13.2 Å². The molecule has 146 valence electrons. The monoisotopic (exact) mass is 379 g/mol. The molecule has 0 bridgehead atoms. The fourth-order valence-corrected chi connectivity index (χ4v) is 2.72. The van der Waals surface area contributed by atoms with E-state index in [4.69, 9.17) is 0 Å². The van der Waals surface area contributed by atoms with Gasteiger partial charge in [-0.05, 0) is 50.0 Å². The lowest BCUT2D eigenvalue weighted by atomic mass is 10.0. The first-order valence-corrected chi connectivity index (χ1v) is 8.48. The Morgan fingerprint density at radius 2 is 1.67 bits per heavy atom. The molecule has 1 N–H and O–H groups in total. The second-order valence-corrected chi connectivity index (χ2v) is 6.75. The van der Waals surface area contributed by atoms with Crippen LogP contribution >= 0.6 is 0 Å². The van der Waals surface area contributed by atoms with E-state index >= 15 is 0 Å². The quantitative estimate of drug-likeness (QED) is 0.829. The molecule has 2 aromatic rings. The molecule has 0 aliphatic carbocycles. The third-order valence-corrected chi connectivity index (χ3v) is 4.33. The summed E-state index contributed by atoms with van der Waals surface area (Å²) >= 11 is 0. The largest absolute Gasteiger partial charge is 0.416 e. The lowest BCUT2D eigenvalue weighted by molar-refractivity contribution is -0.137. The molecule has 2 rings (SSSR count). The van der Waals surface area contributed by atoms with Crippen molar-refractivity contribution in [2.75, 3.05) is 39.6 Å². The number of carbonyl (C=O) groups excluding carboxylic acids is 1. The van der Waals surface area contributed by atoms with Crippen LogP contribution in [0.2, 0.25) is 0 Å². The average Bonchev–Trinajstić information content (AvgIpc) is 2.61. The number of amides is 1. The Bertz CT molecular complexity index is 771. The first-order valence-electron chi connectivity index (χ1n) is 8.48. The van der Waals surface area contributed by atoms with Crippen molar-refractivity contribution in [2.24, 2.45) is 0 Å². The van der Waals surface area contributed by atoms with E-state index in [2.05, 4.69) is 5.32 Å². The van der Waals surface area contributed by atoms with Crippen LogP contribution in [0.5, 0.6) is 0 Å². The van der Waals surface area contributed by atoms with Gasteiger partial charge in [0.15, 0.2) is 0 Å². The highest BCUT2D eigenvalue weighted by Crippen LogP contribution is 2.29. The lowest BCUT2D eigenvalue weighted by Crippen LogP contribution is -2.34. The van der Waals surface area contributed by atoms with Gasteiger partial charge in [-0.3, -0.25) is 4.79 Å². The molecule has 0 radical (unpaired) electrons. The number of carbonyl (C=O) groups is 1. The number of rotatable bonds is 6. The summed E-state index contributed by atoms with van der Waals surface area (Å²) in [6.45, 7) is 0.281. The van der Waals surface area contributed by atoms with Gasteiger partial charge < -0.3 is 15.1 Å². The highest BCUT2D eigenvalue weighted by molar-refractivity contribution is 5.94. The first kappa shape index (κ1) is 20.8. The Morgan fingerprint density at radius 3 is 2.19 bits per heavy atom. The van der Waals surface area contributed by atoms with Crippen molar-refractivity contribution in [3.63, 3.8) is 0 Å². The van der Waals surface area contributed by atoms with Gasteiger partial charge >= 0.3 is 6.18 Å². The zero-order chi connectivity index (χ0) is 20.2. The number of benzene rings is 2. The Labute approximate surface area is 157 Å². The van der Waals surface area contributed by atoms with Crippen LogP contribution in [0.1, 0.15) is 27.5 Å². The van der Waals surface area contributed by atoms with Gasteiger partial charge in [-0.15, -0.1) is 0 Å². The number of nitrogens with one attached hydrogen (secondary N) is 1. The van der Waals surface area contributed by atoms with E-state index < -0.39 is 17.6 Å². The minimum atomic E-state index is -4.48. The van der Waals surface area contributed by atoms with Crippen LogP contribution in [0.15, 0.2) is 48.5 Å².